The third kappa shape index (κ3) is 3.47. The van der Waals surface area contributed by atoms with E-state index in [1.54, 1.807) is 0 Å². The van der Waals surface area contributed by atoms with Crippen molar-refractivity contribution in [3.05, 3.63) is 22.1 Å². The molecular weight excluding hydrogens is 350 g/mol. The maximum Gasteiger partial charge on any atom is 0.275 e. The average molecular weight is 375 g/mol. The summed E-state index contributed by atoms with van der Waals surface area (Å²) in [4.78, 5) is 34.3. The number of carbonyl (C=O) groups excluding carboxylic acids is 1. The zero-order valence-corrected chi connectivity index (χ0v) is 16.0. The summed E-state index contributed by atoms with van der Waals surface area (Å²) in [7, 11) is 0. The zero-order chi connectivity index (χ0) is 18.1. The molecule has 0 spiro atoms. The molecule has 7 nitrogen and oxygen atoms in total. The Kier molecular flexibility index (Phi) is 4.93. The second-order valence-corrected chi connectivity index (χ2v) is 8.27. The molecule has 26 heavy (non-hydrogen) atoms. The monoisotopic (exact) mass is 375 g/mol. The van der Waals surface area contributed by atoms with E-state index in [-0.39, 0.29) is 11.5 Å². The lowest BCUT2D eigenvalue weighted by atomic mass is 9.96. The summed E-state index contributed by atoms with van der Waals surface area (Å²) in [5.74, 6) is 0.323. The molecule has 0 N–H and O–H groups in total. The van der Waals surface area contributed by atoms with E-state index in [4.69, 9.17) is 0 Å². The smallest absolute Gasteiger partial charge is 0.275 e. The van der Waals surface area contributed by atoms with Crippen molar-refractivity contribution in [2.24, 2.45) is 5.92 Å². The van der Waals surface area contributed by atoms with Crippen LogP contribution in [-0.2, 0) is 4.79 Å². The molecule has 0 aromatic carbocycles. The Morgan fingerprint density at radius 3 is 2.69 bits per heavy atom. The van der Waals surface area contributed by atoms with Crippen LogP contribution in [0.3, 0.4) is 0 Å². The van der Waals surface area contributed by atoms with Gasteiger partial charge in [0.1, 0.15) is 0 Å². The van der Waals surface area contributed by atoms with Crippen LogP contribution in [0.2, 0.25) is 0 Å². The Bertz CT molecular complexity index is 853. The van der Waals surface area contributed by atoms with Gasteiger partial charge in [-0.1, -0.05) is 24.2 Å². The second-order valence-electron chi connectivity index (χ2n) is 7.34. The van der Waals surface area contributed by atoms with Crippen LogP contribution in [0.15, 0.2) is 10.9 Å². The first kappa shape index (κ1) is 17.5. The van der Waals surface area contributed by atoms with Crippen LogP contribution < -0.4 is 10.5 Å². The summed E-state index contributed by atoms with van der Waals surface area (Å²) in [6, 6.07) is 1.50. The normalized spacial score (nSPS) is 21.8. The minimum absolute atomic E-state index is 0.0280. The molecular formula is C18H25N5O2S. The van der Waals surface area contributed by atoms with E-state index in [0.29, 0.717) is 23.1 Å². The minimum Gasteiger partial charge on any atom is -0.346 e. The zero-order valence-electron chi connectivity index (χ0n) is 15.2. The van der Waals surface area contributed by atoms with Crippen molar-refractivity contribution in [2.75, 3.05) is 31.1 Å². The molecule has 2 saturated heterocycles. The highest BCUT2D eigenvalue weighted by Crippen LogP contribution is 2.28. The lowest BCUT2D eigenvalue weighted by Crippen LogP contribution is -2.45. The van der Waals surface area contributed by atoms with Crippen molar-refractivity contribution >= 4 is 27.3 Å². The van der Waals surface area contributed by atoms with Crippen LogP contribution >= 0.6 is 11.3 Å². The van der Waals surface area contributed by atoms with Gasteiger partial charge in [0, 0.05) is 37.9 Å². The van der Waals surface area contributed by atoms with Crippen LogP contribution in [0.1, 0.15) is 44.2 Å². The summed E-state index contributed by atoms with van der Waals surface area (Å²) < 4.78 is 1.37. The lowest BCUT2D eigenvalue weighted by Gasteiger charge is -2.34. The van der Waals surface area contributed by atoms with Crippen LogP contribution in [0.4, 0.5) is 5.13 Å². The summed E-state index contributed by atoms with van der Waals surface area (Å²) in [6.45, 7) is 5.17. The van der Waals surface area contributed by atoms with Gasteiger partial charge in [-0.2, -0.15) is 4.52 Å². The number of aromatic nitrogens is 3. The summed E-state index contributed by atoms with van der Waals surface area (Å²) in [5, 5.41) is 5.25. The third-order valence-electron chi connectivity index (χ3n) is 5.32. The Balaban J connectivity index is 1.52. The van der Waals surface area contributed by atoms with Gasteiger partial charge in [0.05, 0.1) is 5.92 Å². The number of anilines is 1. The van der Waals surface area contributed by atoms with Gasteiger partial charge < -0.3 is 9.80 Å². The molecule has 1 atom stereocenters. The van der Waals surface area contributed by atoms with Gasteiger partial charge in [0.25, 0.3) is 5.56 Å². The quantitative estimate of drug-likeness (QED) is 0.804. The predicted octanol–water partition coefficient (Wildman–Crippen LogP) is 2.08. The van der Waals surface area contributed by atoms with Gasteiger partial charge >= 0.3 is 0 Å². The molecule has 8 heteroatoms. The number of carbonyl (C=O) groups is 1. The van der Waals surface area contributed by atoms with Crippen molar-refractivity contribution in [1.82, 2.24) is 19.5 Å². The van der Waals surface area contributed by atoms with Gasteiger partial charge in [-0.3, -0.25) is 9.59 Å². The van der Waals surface area contributed by atoms with E-state index >= 15 is 0 Å². The number of amides is 1. The first-order valence-electron chi connectivity index (χ1n) is 9.53. The van der Waals surface area contributed by atoms with Crippen LogP contribution in [-0.4, -0.2) is 51.6 Å². The van der Waals surface area contributed by atoms with Crippen molar-refractivity contribution < 1.29 is 4.79 Å². The summed E-state index contributed by atoms with van der Waals surface area (Å²) in [5.41, 5.74) is 0.558. The molecule has 4 heterocycles. The topological polar surface area (TPSA) is 70.8 Å². The Hall–Kier alpha value is -1.96. The first-order valence-corrected chi connectivity index (χ1v) is 10.3. The van der Waals surface area contributed by atoms with Crippen molar-refractivity contribution in [1.29, 1.82) is 0 Å². The largest absolute Gasteiger partial charge is 0.346 e. The maximum atomic E-state index is 13.0. The molecule has 140 valence electrons. The first-order chi connectivity index (χ1) is 12.6. The van der Waals surface area contributed by atoms with E-state index in [2.05, 4.69) is 19.9 Å². The molecule has 0 unspecified atom stereocenters. The van der Waals surface area contributed by atoms with Gasteiger partial charge in [0.15, 0.2) is 0 Å². The number of fused-ring (bicyclic) bond motifs is 1. The van der Waals surface area contributed by atoms with E-state index in [0.717, 1.165) is 50.4 Å². The number of rotatable bonds is 2. The van der Waals surface area contributed by atoms with E-state index in [9.17, 15) is 9.59 Å². The Labute approximate surface area is 156 Å². The van der Waals surface area contributed by atoms with E-state index in [1.165, 1.54) is 34.8 Å². The molecule has 4 rings (SSSR count). The van der Waals surface area contributed by atoms with Crippen LogP contribution in [0.25, 0.3) is 4.96 Å². The van der Waals surface area contributed by atoms with Crippen LogP contribution in [0, 0.1) is 12.8 Å². The molecule has 2 aliphatic heterocycles. The Morgan fingerprint density at radius 2 is 1.92 bits per heavy atom. The molecule has 0 aliphatic carbocycles. The molecule has 0 radical (unpaired) electrons. The van der Waals surface area contributed by atoms with E-state index < -0.39 is 0 Å². The number of piperidine rings is 1. The molecule has 2 aliphatic rings. The average Bonchev–Trinajstić information content (AvgIpc) is 2.88. The fourth-order valence-electron chi connectivity index (χ4n) is 3.94. The van der Waals surface area contributed by atoms with Crippen molar-refractivity contribution in [3.8, 4) is 0 Å². The highest BCUT2D eigenvalue weighted by Gasteiger charge is 2.31. The summed E-state index contributed by atoms with van der Waals surface area (Å²) in [6.07, 6.45) is 6.61. The number of nitrogens with zero attached hydrogens (tertiary/aromatic N) is 5. The van der Waals surface area contributed by atoms with Crippen LogP contribution in [0.5, 0.6) is 0 Å². The lowest BCUT2D eigenvalue weighted by molar-refractivity contribution is -0.135. The van der Waals surface area contributed by atoms with Gasteiger partial charge in [-0.25, -0.2) is 4.98 Å². The highest BCUT2D eigenvalue weighted by atomic mass is 32.1. The van der Waals surface area contributed by atoms with Gasteiger partial charge in [0.2, 0.25) is 16.0 Å². The molecule has 0 saturated carbocycles. The molecule has 2 fully saturated rings. The van der Waals surface area contributed by atoms with Gasteiger partial charge in [-0.15, -0.1) is 5.10 Å². The number of aryl methyl sites for hydroxylation is 1. The molecule has 2 aromatic rings. The fourth-order valence-corrected chi connectivity index (χ4v) is 4.93. The highest BCUT2D eigenvalue weighted by molar-refractivity contribution is 7.20. The standard InChI is InChI=1S/C18H25N5O2S/c1-13-11-15(24)23-17(19-13)26-18(20-23)22-10-6-7-14(12-22)16(25)21-8-4-2-3-5-9-21/h11,14H,2-10,12H2,1H3/t14-/m1/s1. The number of likely N-dealkylation sites (tertiary alicyclic amines) is 1. The third-order valence-corrected chi connectivity index (χ3v) is 6.29. The predicted molar refractivity (Wildman–Crippen MR) is 102 cm³/mol. The molecule has 1 amide bonds. The molecule has 0 bridgehead atoms. The number of hydrogen-bond donors (Lipinski definition) is 0. The van der Waals surface area contributed by atoms with Crippen molar-refractivity contribution in [3.63, 3.8) is 0 Å². The minimum atomic E-state index is -0.149. The summed E-state index contributed by atoms with van der Waals surface area (Å²) >= 11 is 1.43. The SMILES string of the molecule is Cc1cc(=O)n2nc(N3CCC[C@@H](C(=O)N4CCCCCC4)C3)sc2n1. The number of hydrogen-bond acceptors (Lipinski definition) is 6. The van der Waals surface area contributed by atoms with Gasteiger partial charge in [-0.05, 0) is 32.6 Å². The van der Waals surface area contributed by atoms with E-state index in [1.807, 2.05) is 6.92 Å². The maximum absolute atomic E-state index is 13.0. The second kappa shape index (κ2) is 7.34. The Morgan fingerprint density at radius 1 is 1.15 bits per heavy atom. The molecule has 2 aromatic heterocycles. The van der Waals surface area contributed by atoms with Crippen molar-refractivity contribution in [2.45, 2.75) is 45.4 Å². The fraction of sp³-hybridized carbons (Fsp3) is 0.667.